The number of methoxy groups -OCH3 is 2. The Bertz CT molecular complexity index is 2800. The van der Waals surface area contributed by atoms with E-state index in [-0.39, 0.29) is 37.6 Å². The molecule has 3 N–H and O–H groups in total. The van der Waals surface area contributed by atoms with E-state index in [0.29, 0.717) is 70.5 Å². The summed E-state index contributed by atoms with van der Waals surface area (Å²) in [6, 6.07) is 9.90. The molecule has 2 saturated heterocycles. The summed E-state index contributed by atoms with van der Waals surface area (Å²) in [5.41, 5.74) is 6.40. The minimum Gasteiger partial charge on any atom is -0.496 e. The van der Waals surface area contributed by atoms with E-state index in [2.05, 4.69) is 30.4 Å². The summed E-state index contributed by atoms with van der Waals surface area (Å²) >= 11 is 1.53. The van der Waals surface area contributed by atoms with Crippen molar-refractivity contribution in [2.45, 2.75) is 72.3 Å². The Hall–Kier alpha value is -6.04. The molecule has 418 valence electrons. The molecule has 0 radical (unpaired) electrons. The number of ether oxygens (including phenoxy) is 7. The largest absolute Gasteiger partial charge is 0.496 e. The second-order valence-corrected chi connectivity index (χ2v) is 21.2. The van der Waals surface area contributed by atoms with Crippen LogP contribution in [0, 0.1) is 12.3 Å². The predicted molar refractivity (Wildman–Crippen MR) is 293 cm³/mol. The molecule has 3 amide bonds. The number of carbonyl (C=O) groups is 3. The Labute approximate surface area is 454 Å². The van der Waals surface area contributed by atoms with Gasteiger partial charge in [0.25, 0.3) is 5.56 Å². The highest BCUT2D eigenvalue weighted by Crippen LogP contribution is 2.38. The predicted octanol–water partition coefficient (Wildman–Crippen LogP) is 4.44. The lowest BCUT2D eigenvalue weighted by Crippen LogP contribution is -2.57. The zero-order chi connectivity index (χ0) is 55.1. The number of nitrogens with zero attached hydrogens (tertiary/aromatic N) is 6. The van der Waals surface area contributed by atoms with Crippen molar-refractivity contribution in [3.05, 3.63) is 87.7 Å². The highest BCUT2D eigenvalue weighted by atomic mass is 32.1. The molecule has 20 nitrogen and oxygen atoms in total. The molecule has 2 aliphatic rings. The second-order valence-electron chi connectivity index (χ2n) is 20.4. The number of rotatable bonds is 27. The molecular formula is C56H76N8O12S. The Balaban J connectivity index is 0.757. The van der Waals surface area contributed by atoms with Gasteiger partial charge in [-0.15, -0.1) is 11.3 Å². The summed E-state index contributed by atoms with van der Waals surface area (Å²) in [5.74, 6) is 0.861. The average Bonchev–Trinajstić information content (AvgIpc) is 4.04. The van der Waals surface area contributed by atoms with E-state index in [0.717, 1.165) is 88.0 Å². The third-order valence-corrected chi connectivity index (χ3v) is 14.7. The van der Waals surface area contributed by atoms with Crippen molar-refractivity contribution in [2.75, 3.05) is 113 Å². The first-order valence-electron chi connectivity index (χ1n) is 26.2. The number of aryl methyl sites for hydroxylation is 2. The van der Waals surface area contributed by atoms with Crippen molar-refractivity contribution in [3.63, 3.8) is 0 Å². The molecule has 7 rings (SSSR count). The number of piperazine rings is 1. The summed E-state index contributed by atoms with van der Waals surface area (Å²) in [5, 5.41) is 17.6. The third-order valence-electron chi connectivity index (χ3n) is 13.8. The van der Waals surface area contributed by atoms with Gasteiger partial charge in [0.15, 0.2) is 0 Å². The molecule has 3 unspecified atom stereocenters. The highest BCUT2D eigenvalue weighted by Gasteiger charge is 2.44. The number of β-amino-alcohol motifs (C(OH)–C–C–N with tert-alkyl or cyclic N) is 1. The first-order chi connectivity index (χ1) is 37.1. The number of aromatic nitrogens is 3. The van der Waals surface area contributed by atoms with Gasteiger partial charge in [0.05, 0.1) is 100 Å². The van der Waals surface area contributed by atoms with Crippen LogP contribution >= 0.6 is 11.3 Å². The number of thiazole rings is 1. The molecule has 3 aromatic heterocycles. The lowest BCUT2D eigenvalue weighted by Gasteiger charge is -2.35. The van der Waals surface area contributed by atoms with Gasteiger partial charge >= 0.3 is 0 Å². The van der Waals surface area contributed by atoms with Crippen LogP contribution in [0.15, 0.2) is 65.3 Å². The Morgan fingerprint density at radius 1 is 0.831 bits per heavy atom. The molecule has 77 heavy (non-hydrogen) atoms. The fraction of sp³-hybridized carbons (Fsp3) is 0.536. The molecule has 2 fully saturated rings. The van der Waals surface area contributed by atoms with Crippen molar-refractivity contribution >= 4 is 39.8 Å². The maximum atomic E-state index is 13.7. The number of amides is 3. The van der Waals surface area contributed by atoms with E-state index in [1.807, 2.05) is 70.3 Å². The van der Waals surface area contributed by atoms with Gasteiger partial charge in [0.2, 0.25) is 17.7 Å². The third kappa shape index (κ3) is 15.8. The van der Waals surface area contributed by atoms with Gasteiger partial charge in [-0.25, -0.2) is 4.98 Å². The van der Waals surface area contributed by atoms with Crippen LogP contribution in [0.25, 0.3) is 32.3 Å². The fourth-order valence-corrected chi connectivity index (χ4v) is 10.4. The lowest BCUT2D eigenvalue weighted by atomic mass is 9.85. The van der Waals surface area contributed by atoms with Gasteiger partial charge in [0.1, 0.15) is 35.9 Å². The highest BCUT2D eigenvalue weighted by molar-refractivity contribution is 7.13. The van der Waals surface area contributed by atoms with Crippen LogP contribution in [-0.2, 0) is 53.5 Å². The summed E-state index contributed by atoms with van der Waals surface area (Å²) in [6.45, 7) is 17.8. The van der Waals surface area contributed by atoms with Crippen LogP contribution in [0.5, 0.6) is 17.2 Å². The van der Waals surface area contributed by atoms with Gasteiger partial charge < -0.3 is 58.4 Å². The summed E-state index contributed by atoms with van der Waals surface area (Å²) in [4.78, 5) is 67.9. The number of hydrogen-bond donors (Lipinski definition) is 3. The fourth-order valence-electron chi connectivity index (χ4n) is 9.58. The SMILES string of the molecule is COc1cc(-c2cn(C)c(=O)c3cnccc23)cc(OC)c1CN1CCN(CCOCCOCCOCCOCCOc2cc(-c3scnc3C)ccc2CNC(=O)C2CC(O)CN2C(=O)C(NC(C)=O)C(C)(C)C)CC1. The normalized spacial score (nSPS) is 16.7. The average molecular weight is 1090 g/mol. The number of nitrogens with one attached hydrogen (secondary N) is 2. The molecule has 0 aliphatic carbocycles. The number of fused-ring (bicyclic) bond motifs is 1. The van der Waals surface area contributed by atoms with E-state index >= 15 is 0 Å². The summed E-state index contributed by atoms with van der Waals surface area (Å²) in [6.07, 6.45) is 4.36. The molecule has 2 aliphatic heterocycles. The van der Waals surface area contributed by atoms with E-state index in [4.69, 9.17) is 33.2 Å². The van der Waals surface area contributed by atoms with E-state index in [1.165, 1.54) is 23.2 Å². The van der Waals surface area contributed by atoms with Gasteiger partial charge in [-0.1, -0.05) is 32.9 Å². The second kappa shape index (κ2) is 28.0. The molecule has 5 aromatic rings. The van der Waals surface area contributed by atoms with Crippen molar-refractivity contribution in [1.82, 2.24) is 39.9 Å². The van der Waals surface area contributed by atoms with Crippen molar-refractivity contribution in [1.29, 1.82) is 0 Å². The maximum absolute atomic E-state index is 13.7. The van der Waals surface area contributed by atoms with Crippen LogP contribution in [-0.4, -0.2) is 183 Å². The number of hydrogen-bond acceptors (Lipinski definition) is 17. The number of aliphatic hydroxyl groups excluding tert-OH is 1. The minimum atomic E-state index is -0.906. The van der Waals surface area contributed by atoms with Crippen LogP contribution in [0.1, 0.15) is 50.9 Å². The molecule has 0 spiro atoms. The Kier molecular flexibility index (Phi) is 21.3. The van der Waals surface area contributed by atoms with Gasteiger partial charge in [0, 0.05) is 102 Å². The quantitative estimate of drug-likeness (QED) is 0.0620. The molecule has 21 heteroatoms. The minimum absolute atomic E-state index is 0.00802. The van der Waals surface area contributed by atoms with Crippen molar-refractivity contribution in [2.24, 2.45) is 12.5 Å². The Morgan fingerprint density at radius 2 is 1.45 bits per heavy atom. The molecule has 5 heterocycles. The van der Waals surface area contributed by atoms with Gasteiger partial charge in [-0.3, -0.25) is 34.0 Å². The van der Waals surface area contributed by atoms with E-state index in [9.17, 15) is 24.3 Å². The number of pyridine rings is 2. The van der Waals surface area contributed by atoms with Crippen molar-refractivity contribution in [3.8, 4) is 38.8 Å². The van der Waals surface area contributed by atoms with Crippen LogP contribution in [0.4, 0.5) is 0 Å². The monoisotopic (exact) mass is 1080 g/mol. The standard InChI is InChI=1S/C56H76N8O12S/c1-37-51(77-36-59-37)39-9-10-40(31-58-53(67)47-30-42(66)33-64(47)55(69)52(56(3,4)5)60-38(2)65)48(27-39)76-26-25-75-24-23-74-22-21-73-20-19-72-18-17-62-13-15-63(16-14-62)35-46-49(70-7)28-41(29-50(46)71-8)45-34-61(6)54(68)44-32-57-12-11-43(44)45/h9-12,27-29,32,34,36,42,47,52,66H,13-26,30-31,33,35H2,1-8H3,(H,58,67)(H,60,65). The first-order valence-corrected chi connectivity index (χ1v) is 27.1. The number of likely N-dealkylation sites (tertiary alicyclic amines) is 1. The molecule has 3 atom stereocenters. The molecule has 0 saturated carbocycles. The molecule has 0 bridgehead atoms. The number of carbonyl (C=O) groups excluding carboxylic acids is 3. The molecule has 2 aromatic carbocycles. The van der Waals surface area contributed by atoms with Crippen LogP contribution < -0.4 is 30.4 Å². The first kappa shape index (κ1) is 58.6. The number of benzene rings is 2. The van der Waals surface area contributed by atoms with E-state index < -0.39 is 35.4 Å². The molecular weight excluding hydrogens is 1010 g/mol. The number of aliphatic hydroxyl groups is 1. The summed E-state index contributed by atoms with van der Waals surface area (Å²) in [7, 11) is 5.09. The van der Waals surface area contributed by atoms with Gasteiger partial charge in [-0.05, 0) is 53.1 Å². The van der Waals surface area contributed by atoms with Crippen LogP contribution in [0.3, 0.4) is 0 Å². The zero-order valence-corrected chi connectivity index (χ0v) is 46.6. The lowest BCUT2D eigenvalue weighted by molar-refractivity contribution is -0.143. The van der Waals surface area contributed by atoms with Crippen LogP contribution in [0.2, 0.25) is 0 Å². The maximum Gasteiger partial charge on any atom is 0.259 e. The smallest absolute Gasteiger partial charge is 0.259 e. The Morgan fingerprint density at radius 3 is 2.06 bits per heavy atom. The summed E-state index contributed by atoms with van der Waals surface area (Å²) < 4.78 is 42.8. The van der Waals surface area contributed by atoms with Crippen molar-refractivity contribution < 1.29 is 52.6 Å². The van der Waals surface area contributed by atoms with E-state index in [1.54, 1.807) is 43.7 Å². The topological polar surface area (TPSA) is 218 Å². The zero-order valence-electron chi connectivity index (χ0n) is 45.8. The van der Waals surface area contributed by atoms with Gasteiger partial charge in [-0.2, -0.15) is 0 Å².